The zero-order chi connectivity index (χ0) is 13.6. The van der Waals surface area contributed by atoms with Gasteiger partial charge < -0.3 is 5.32 Å². The number of carbonyl (C=O) groups excluding carboxylic acids is 1. The Hall–Kier alpha value is -0.890. The predicted molar refractivity (Wildman–Crippen MR) is 72.3 cm³/mol. The number of hydrogen-bond donors (Lipinski definition) is 1. The molecule has 0 aromatic carbocycles. The van der Waals surface area contributed by atoms with E-state index in [1.807, 2.05) is 6.92 Å². The summed E-state index contributed by atoms with van der Waals surface area (Å²) in [5, 5.41) is 12.1. The van der Waals surface area contributed by atoms with Crippen LogP contribution in [0.4, 0.5) is 0 Å². The molecular formula is C13H22N2O2S. The van der Waals surface area contributed by atoms with Gasteiger partial charge in [-0.05, 0) is 19.8 Å². The molecular weight excluding hydrogens is 248 g/mol. The molecule has 0 aliphatic heterocycles. The van der Waals surface area contributed by atoms with Crippen LogP contribution in [-0.4, -0.2) is 28.2 Å². The molecule has 18 heavy (non-hydrogen) atoms. The number of nitrogens with zero attached hydrogens (tertiary/aromatic N) is 1. The summed E-state index contributed by atoms with van der Waals surface area (Å²) in [6, 6.07) is 2.22. The third kappa shape index (κ3) is 3.81. The van der Waals surface area contributed by atoms with Gasteiger partial charge in [-0.15, -0.1) is 0 Å². The topological polar surface area (TPSA) is 70.0 Å². The van der Waals surface area contributed by atoms with Crippen molar-refractivity contribution in [2.24, 2.45) is 5.41 Å². The number of carbonyl (C=O) groups is 1. The van der Waals surface area contributed by atoms with Crippen LogP contribution < -0.4 is 5.32 Å². The maximum absolute atomic E-state index is 12.2. The lowest BCUT2D eigenvalue weighted by atomic mass is 9.81. The van der Waals surface area contributed by atoms with Gasteiger partial charge in [0.2, 0.25) is 5.91 Å². The van der Waals surface area contributed by atoms with Gasteiger partial charge in [0.1, 0.15) is 5.41 Å². The summed E-state index contributed by atoms with van der Waals surface area (Å²) in [5.41, 5.74) is -0.856. The van der Waals surface area contributed by atoms with E-state index in [0.29, 0.717) is 19.4 Å². The highest BCUT2D eigenvalue weighted by atomic mass is 32.2. The van der Waals surface area contributed by atoms with E-state index in [1.165, 1.54) is 0 Å². The van der Waals surface area contributed by atoms with E-state index in [2.05, 4.69) is 11.4 Å². The monoisotopic (exact) mass is 270 g/mol. The summed E-state index contributed by atoms with van der Waals surface area (Å²) in [4.78, 5) is 12.2. The standard InChI is InChI=1S/C13H22N2O2S/c1-11(18(2)17)9-15-12(16)13(10-14)7-5-3-4-6-8-13/h11H,3-9H2,1-2H3,(H,15,16). The Labute approximate surface area is 112 Å². The fraction of sp³-hybridized carbons (Fsp3) is 0.846. The summed E-state index contributed by atoms with van der Waals surface area (Å²) in [6.07, 6.45) is 7.02. The molecule has 0 radical (unpaired) electrons. The maximum Gasteiger partial charge on any atom is 0.240 e. The molecule has 1 rings (SSSR count). The molecule has 0 spiro atoms. The van der Waals surface area contributed by atoms with Crippen molar-refractivity contribution in [1.82, 2.24) is 5.32 Å². The molecule has 1 aliphatic carbocycles. The van der Waals surface area contributed by atoms with Crippen molar-refractivity contribution in [2.75, 3.05) is 12.8 Å². The minimum atomic E-state index is -0.948. The largest absolute Gasteiger partial charge is 0.354 e. The van der Waals surface area contributed by atoms with Crippen LogP contribution in [0.15, 0.2) is 0 Å². The first-order valence-corrected chi connectivity index (χ1v) is 8.16. The molecule has 4 nitrogen and oxygen atoms in total. The molecule has 2 unspecified atom stereocenters. The molecule has 0 bridgehead atoms. The zero-order valence-corrected chi connectivity index (χ0v) is 12.0. The minimum absolute atomic E-state index is 0.0736. The quantitative estimate of drug-likeness (QED) is 0.791. The first-order chi connectivity index (χ1) is 8.52. The van der Waals surface area contributed by atoms with Crippen LogP contribution in [0.1, 0.15) is 45.4 Å². The second-order valence-electron chi connectivity index (χ2n) is 5.13. The Kier molecular flexibility index (Phi) is 5.80. The SMILES string of the molecule is CC(CNC(=O)C1(C#N)CCCCCC1)S(C)=O. The smallest absolute Gasteiger partial charge is 0.240 e. The van der Waals surface area contributed by atoms with E-state index < -0.39 is 16.2 Å². The van der Waals surface area contributed by atoms with E-state index in [9.17, 15) is 14.3 Å². The lowest BCUT2D eigenvalue weighted by Crippen LogP contribution is -2.43. The first-order valence-electron chi connectivity index (χ1n) is 6.53. The lowest BCUT2D eigenvalue weighted by molar-refractivity contribution is -0.128. The molecule has 0 aromatic heterocycles. The Bertz CT molecular complexity index is 354. The van der Waals surface area contributed by atoms with Crippen LogP contribution in [-0.2, 0) is 15.6 Å². The third-order valence-electron chi connectivity index (χ3n) is 3.72. The summed E-state index contributed by atoms with van der Waals surface area (Å²) >= 11 is 0. The molecule has 0 aromatic rings. The van der Waals surface area contributed by atoms with Crippen LogP contribution >= 0.6 is 0 Å². The van der Waals surface area contributed by atoms with Crippen LogP contribution in [0.2, 0.25) is 0 Å². The molecule has 1 saturated carbocycles. The molecule has 1 fully saturated rings. The second-order valence-corrected chi connectivity index (χ2v) is 6.93. The number of rotatable bonds is 4. The number of nitriles is 1. The van der Waals surface area contributed by atoms with E-state index in [0.717, 1.165) is 25.7 Å². The van der Waals surface area contributed by atoms with E-state index >= 15 is 0 Å². The molecule has 102 valence electrons. The molecule has 0 saturated heterocycles. The van der Waals surface area contributed by atoms with Gasteiger partial charge in [0.15, 0.2) is 0 Å². The molecule has 0 heterocycles. The maximum atomic E-state index is 12.2. The second kappa shape index (κ2) is 6.89. The van der Waals surface area contributed by atoms with Gasteiger partial charge >= 0.3 is 0 Å². The van der Waals surface area contributed by atoms with Gasteiger partial charge in [-0.3, -0.25) is 9.00 Å². The Morgan fingerprint density at radius 2 is 1.94 bits per heavy atom. The predicted octanol–water partition coefficient (Wildman–Crippen LogP) is 1.73. The first kappa shape index (κ1) is 15.2. The average Bonchev–Trinajstić information content (AvgIpc) is 2.61. The normalized spacial score (nSPS) is 22.3. The highest BCUT2D eigenvalue weighted by Crippen LogP contribution is 2.34. The average molecular weight is 270 g/mol. The molecule has 1 amide bonds. The summed E-state index contributed by atoms with van der Waals surface area (Å²) in [6.45, 7) is 2.22. The van der Waals surface area contributed by atoms with Crippen molar-refractivity contribution in [3.8, 4) is 6.07 Å². The summed E-state index contributed by atoms with van der Waals surface area (Å²) in [5.74, 6) is -0.177. The fourth-order valence-electron chi connectivity index (χ4n) is 2.24. The minimum Gasteiger partial charge on any atom is -0.354 e. The third-order valence-corrected chi connectivity index (χ3v) is 5.02. The molecule has 1 N–H and O–H groups in total. The molecule has 5 heteroatoms. The van der Waals surface area contributed by atoms with E-state index in [-0.39, 0.29) is 11.2 Å². The van der Waals surface area contributed by atoms with Crippen molar-refractivity contribution in [3.05, 3.63) is 0 Å². The molecule has 2 atom stereocenters. The van der Waals surface area contributed by atoms with Crippen LogP contribution in [0.25, 0.3) is 0 Å². The van der Waals surface area contributed by atoms with Gasteiger partial charge in [-0.1, -0.05) is 25.7 Å². The van der Waals surface area contributed by atoms with E-state index in [4.69, 9.17) is 0 Å². The zero-order valence-electron chi connectivity index (χ0n) is 11.2. The van der Waals surface area contributed by atoms with Gasteiger partial charge in [-0.25, -0.2) is 0 Å². The molecule has 1 aliphatic rings. The van der Waals surface area contributed by atoms with Gasteiger partial charge in [0.25, 0.3) is 0 Å². The fourth-order valence-corrected chi connectivity index (χ4v) is 2.56. The lowest BCUT2D eigenvalue weighted by Gasteiger charge is -2.24. The van der Waals surface area contributed by atoms with Crippen LogP contribution in [0, 0.1) is 16.7 Å². The number of nitrogens with one attached hydrogen (secondary N) is 1. The Morgan fingerprint density at radius 1 is 1.39 bits per heavy atom. The Balaban J connectivity index is 2.61. The van der Waals surface area contributed by atoms with Crippen molar-refractivity contribution in [2.45, 2.75) is 50.7 Å². The van der Waals surface area contributed by atoms with Crippen molar-refractivity contribution in [1.29, 1.82) is 5.26 Å². The highest BCUT2D eigenvalue weighted by Gasteiger charge is 2.38. The number of hydrogen-bond acceptors (Lipinski definition) is 3. The number of amides is 1. The summed E-state index contributed by atoms with van der Waals surface area (Å²) in [7, 11) is -0.948. The van der Waals surface area contributed by atoms with E-state index in [1.54, 1.807) is 6.26 Å². The van der Waals surface area contributed by atoms with Gasteiger partial charge in [-0.2, -0.15) is 5.26 Å². The van der Waals surface area contributed by atoms with Crippen LogP contribution in [0.5, 0.6) is 0 Å². The van der Waals surface area contributed by atoms with Gasteiger partial charge in [0.05, 0.1) is 6.07 Å². The van der Waals surface area contributed by atoms with Crippen molar-refractivity contribution >= 4 is 16.7 Å². The van der Waals surface area contributed by atoms with Gasteiger partial charge in [0, 0.05) is 28.9 Å². The van der Waals surface area contributed by atoms with Crippen LogP contribution in [0.3, 0.4) is 0 Å². The Morgan fingerprint density at radius 3 is 2.39 bits per heavy atom. The van der Waals surface area contributed by atoms with Crippen molar-refractivity contribution < 1.29 is 9.00 Å². The van der Waals surface area contributed by atoms with Crippen molar-refractivity contribution in [3.63, 3.8) is 0 Å². The summed E-state index contributed by atoms with van der Waals surface area (Å²) < 4.78 is 11.2. The highest BCUT2D eigenvalue weighted by molar-refractivity contribution is 7.84.